The zero-order valence-corrected chi connectivity index (χ0v) is 11.1. The Kier molecular flexibility index (Phi) is 6.69. The molecule has 0 saturated carbocycles. The molecule has 2 N–H and O–H groups in total. The molecule has 0 radical (unpaired) electrons. The third-order valence-electron chi connectivity index (χ3n) is 3.12. The number of aliphatic hydroxyl groups excluding tert-OH is 1. The van der Waals surface area contributed by atoms with E-state index >= 15 is 0 Å². The standard InChI is InChI=1S/C13H23NOS/c1-3-12(4-2)13(15)9-14-7-5-11-6-8-16-10-11/h6,8,10,12-15H,3-5,7,9H2,1-2H3. The molecule has 0 bridgehead atoms. The molecule has 0 aromatic carbocycles. The molecule has 16 heavy (non-hydrogen) atoms. The van der Waals surface area contributed by atoms with Gasteiger partial charge < -0.3 is 10.4 Å². The van der Waals surface area contributed by atoms with Crippen molar-refractivity contribution >= 4 is 11.3 Å². The lowest BCUT2D eigenvalue weighted by molar-refractivity contribution is 0.102. The van der Waals surface area contributed by atoms with E-state index in [-0.39, 0.29) is 6.10 Å². The van der Waals surface area contributed by atoms with Crippen LogP contribution >= 0.6 is 11.3 Å². The SMILES string of the molecule is CCC(CC)C(O)CNCCc1ccsc1. The highest BCUT2D eigenvalue weighted by Gasteiger charge is 2.14. The average molecular weight is 241 g/mol. The summed E-state index contributed by atoms with van der Waals surface area (Å²) >= 11 is 1.74. The zero-order valence-electron chi connectivity index (χ0n) is 10.3. The second kappa shape index (κ2) is 7.82. The Bertz CT molecular complexity index is 257. The first-order chi connectivity index (χ1) is 7.77. The Balaban J connectivity index is 2.10. The molecule has 0 aliphatic rings. The lowest BCUT2D eigenvalue weighted by Gasteiger charge is -2.20. The first-order valence-corrected chi connectivity index (χ1v) is 7.12. The smallest absolute Gasteiger partial charge is 0.0692 e. The quantitative estimate of drug-likeness (QED) is 0.686. The van der Waals surface area contributed by atoms with Gasteiger partial charge in [-0.15, -0.1) is 0 Å². The van der Waals surface area contributed by atoms with Crippen LogP contribution < -0.4 is 5.32 Å². The Morgan fingerprint density at radius 2 is 2.12 bits per heavy atom. The van der Waals surface area contributed by atoms with E-state index < -0.39 is 0 Å². The summed E-state index contributed by atoms with van der Waals surface area (Å²) < 4.78 is 0. The molecule has 1 aromatic heterocycles. The van der Waals surface area contributed by atoms with Gasteiger partial charge >= 0.3 is 0 Å². The summed E-state index contributed by atoms with van der Waals surface area (Å²) in [5.41, 5.74) is 1.38. The molecule has 1 rings (SSSR count). The molecular weight excluding hydrogens is 218 g/mol. The van der Waals surface area contributed by atoms with Crippen LogP contribution in [0.1, 0.15) is 32.3 Å². The Labute approximate surface area is 103 Å². The van der Waals surface area contributed by atoms with Crippen LogP contribution in [0.4, 0.5) is 0 Å². The summed E-state index contributed by atoms with van der Waals surface area (Å²) in [6.07, 6.45) is 2.98. The van der Waals surface area contributed by atoms with Crippen molar-refractivity contribution in [3.8, 4) is 0 Å². The van der Waals surface area contributed by atoms with Crippen LogP contribution in [0, 0.1) is 5.92 Å². The number of thiophene rings is 1. The lowest BCUT2D eigenvalue weighted by atomic mass is 9.96. The van der Waals surface area contributed by atoms with Crippen LogP contribution in [0.5, 0.6) is 0 Å². The fourth-order valence-electron chi connectivity index (χ4n) is 1.92. The highest BCUT2D eigenvalue weighted by Crippen LogP contribution is 2.12. The van der Waals surface area contributed by atoms with E-state index in [0.29, 0.717) is 5.92 Å². The van der Waals surface area contributed by atoms with E-state index in [2.05, 4.69) is 36.0 Å². The first kappa shape index (κ1) is 13.7. The molecule has 1 unspecified atom stereocenters. The van der Waals surface area contributed by atoms with Crippen molar-refractivity contribution < 1.29 is 5.11 Å². The summed E-state index contributed by atoms with van der Waals surface area (Å²) in [6.45, 7) is 5.95. The third kappa shape index (κ3) is 4.64. The number of aliphatic hydroxyl groups is 1. The van der Waals surface area contributed by atoms with E-state index in [1.165, 1.54) is 5.56 Å². The molecule has 0 saturated heterocycles. The van der Waals surface area contributed by atoms with Crippen molar-refractivity contribution in [1.82, 2.24) is 5.32 Å². The fourth-order valence-corrected chi connectivity index (χ4v) is 2.62. The lowest BCUT2D eigenvalue weighted by Crippen LogP contribution is -2.33. The van der Waals surface area contributed by atoms with E-state index in [1.54, 1.807) is 11.3 Å². The van der Waals surface area contributed by atoms with Crippen LogP contribution in [0.15, 0.2) is 16.8 Å². The summed E-state index contributed by atoms with van der Waals surface area (Å²) in [5.74, 6) is 0.439. The molecule has 0 aliphatic carbocycles. The summed E-state index contributed by atoms with van der Waals surface area (Å²) in [4.78, 5) is 0. The molecule has 1 atom stereocenters. The molecular formula is C13H23NOS. The predicted octanol–water partition coefficient (Wildman–Crippen LogP) is 2.68. The summed E-state index contributed by atoms with van der Waals surface area (Å²) in [5, 5.41) is 17.5. The van der Waals surface area contributed by atoms with Gasteiger partial charge in [0.25, 0.3) is 0 Å². The van der Waals surface area contributed by atoms with Crippen molar-refractivity contribution in [2.24, 2.45) is 5.92 Å². The number of rotatable bonds is 8. The van der Waals surface area contributed by atoms with Crippen molar-refractivity contribution in [2.45, 2.75) is 39.2 Å². The van der Waals surface area contributed by atoms with Gasteiger partial charge in [-0.05, 0) is 41.3 Å². The van der Waals surface area contributed by atoms with Crippen LogP contribution in [0.3, 0.4) is 0 Å². The van der Waals surface area contributed by atoms with Crippen LogP contribution in [0.2, 0.25) is 0 Å². The minimum atomic E-state index is -0.197. The van der Waals surface area contributed by atoms with Crippen molar-refractivity contribution in [3.05, 3.63) is 22.4 Å². The van der Waals surface area contributed by atoms with Gasteiger partial charge in [0.05, 0.1) is 6.10 Å². The molecule has 2 nitrogen and oxygen atoms in total. The van der Waals surface area contributed by atoms with Gasteiger partial charge in [0.2, 0.25) is 0 Å². The van der Waals surface area contributed by atoms with E-state index in [1.807, 2.05) is 0 Å². The van der Waals surface area contributed by atoms with E-state index in [0.717, 1.165) is 32.4 Å². The number of hydrogen-bond acceptors (Lipinski definition) is 3. The highest BCUT2D eigenvalue weighted by atomic mass is 32.1. The van der Waals surface area contributed by atoms with Gasteiger partial charge in [0.15, 0.2) is 0 Å². The Morgan fingerprint density at radius 3 is 2.69 bits per heavy atom. The number of nitrogens with one attached hydrogen (secondary N) is 1. The largest absolute Gasteiger partial charge is 0.392 e. The zero-order chi connectivity index (χ0) is 11.8. The summed E-state index contributed by atoms with van der Waals surface area (Å²) in [7, 11) is 0. The maximum atomic E-state index is 9.91. The van der Waals surface area contributed by atoms with Gasteiger partial charge in [0, 0.05) is 6.54 Å². The second-order valence-electron chi connectivity index (χ2n) is 4.23. The second-order valence-corrected chi connectivity index (χ2v) is 5.01. The van der Waals surface area contributed by atoms with Gasteiger partial charge in [0.1, 0.15) is 0 Å². The Morgan fingerprint density at radius 1 is 1.38 bits per heavy atom. The molecule has 1 aromatic rings. The molecule has 0 aliphatic heterocycles. The average Bonchev–Trinajstić information content (AvgIpc) is 2.79. The molecule has 92 valence electrons. The summed E-state index contributed by atoms with van der Waals surface area (Å²) in [6, 6.07) is 2.16. The fraction of sp³-hybridized carbons (Fsp3) is 0.692. The minimum Gasteiger partial charge on any atom is -0.392 e. The van der Waals surface area contributed by atoms with Gasteiger partial charge in [-0.2, -0.15) is 11.3 Å². The van der Waals surface area contributed by atoms with Crippen molar-refractivity contribution in [2.75, 3.05) is 13.1 Å². The van der Waals surface area contributed by atoms with E-state index in [4.69, 9.17) is 0 Å². The maximum absolute atomic E-state index is 9.91. The van der Waals surface area contributed by atoms with E-state index in [9.17, 15) is 5.11 Å². The normalized spacial score (nSPS) is 13.2. The maximum Gasteiger partial charge on any atom is 0.0692 e. The van der Waals surface area contributed by atoms with Gasteiger partial charge in [-0.25, -0.2) is 0 Å². The Hall–Kier alpha value is -0.380. The predicted molar refractivity (Wildman–Crippen MR) is 71.0 cm³/mol. The number of hydrogen-bond donors (Lipinski definition) is 2. The van der Waals surface area contributed by atoms with Gasteiger partial charge in [-0.1, -0.05) is 26.7 Å². The molecule has 3 heteroatoms. The third-order valence-corrected chi connectivity index (χ3v) is 3.85. The van der Waals surface area contributed by atoms with Gasteiger partial charge in [-0.3, -0.25) is 0 Å². The first-order valence-electron chi connectivity index (χ1n) is 6.17. The molecule has 1 heterocycles. The highest BCUT2D eigenvalue weighted by molar-refractivity contribution is 7.07. The van der Waals surface area contributed by atoms with Crippen molar-refractivity contribution in [3.63, 3.8) is 0 Å². The van der Waals surface area contributed by atoms with Crippen LogP contribution in [-0.4, -0.2) is 24.3 Å². The topological polar surface area (TPSA) is 32.3 Å². The van der Waals surface area contributed by atoms with Crippen LogP contribution in [-0.2, 0) is 6.42 Å². The van der Waals surface area contributed by atoms with Crippen LogP contribution in [0.25, 0.3) is 0 Å². The molecule has 0 spiro atoms. The molecule has 0 fully saturated rings. The monoisotopic (exact) mass is 241 g/mol. The molecule has 0 amide bonds. The van der Waals surface area contributed by atoms with Crippen molar-refractivity contribution in [1.29, 1.82) is 0 Å². The minimum absolute atomic E-state index is 0.197.